The third kappa shape index (κ3) is 1.50. The van der Waals surface area contributed by atoms with Crippen LogP contribution in [0.1, 0.15) is 0 Å². The standard InChI is InChI=1S/C18H10IN2.Al/c19-21-16-8-4-2-6-12(16)14-10-9-13-11-5-1-3-7-15(11)20-17(13)18(14)21;/h1-10H;/q-1;+1. The van der Waals surface area contributed by atoms with Crippen LogP contribution < -0.4 is 0 Å². The molecule has 0 saturated heterocycles. The second-order valence-corrected chi connectivity index (χ2v) is 7.02. The summed E-state index contributed by atoms with van der Waals surface area (Å²) in [5.74, 6) is 0. The Bertz CT molecular complexity index is 1100. The molecule has 0 bridgehead atoms. The molecule has 102 valence electrons. The van der Waals surface area contributed by atoms with Gasteiger partial charge in [0, 0.05) is 32.6 Å². The Kier molecular flexibility index (Phi) is 2.67. The maximum atomic E-state index is 2.88. The lowest BCUT2D eigenvalue weighted by molar-refractivity contribution is 1.38. The van der Waals surface area contributed by atoms with Crippen LogP contribution in [-0.2, 0) is 0 Å². The van der Waals surface area contributed by atoms with Crippen molar-refractivity contribution < 1.29 is 0 Å². The molecule has 0 amide bonds. The number of para-hydroxylation sites is 2. The van der Waals surface area contributed by atoms with Gasteiger partial charge in [0.2, 0.25) is 0 Å². The van der Waals surface area contributed by atoms with Gasteiger partial charge in [0.15, 0.2) is 0 Å². The van der Waals surface area contributed by atoms with E-state index in [2.05, 4.69) is 106 Å². The first-order valence-electron chi connectivity index (χ1n) is 7.14. The third-order valence-electron chi connectivity index (χ3n) is 4.45. The van der Waals surface area contributed by atoms with Crippen molar-refractivity contribution in [2.45, 2.75) is 0 Å². The van der Waals surface area contributed by atoms with Crippen molar-refractivity contribution in [1.82, 2.24) is 6.33 Å². The number of hydrogen-bond donors (Lipinski definition) is 0. The molecule has 0 spiro atoms. The molecule has 0 saturated carbocycles. The summed E-state index contributed by atoms with van der Waals surface area (Å²) in [6.07, 6.45) is 0. The van der Waals surface area contributed by atoms with E-state index in [1.54, 1.807) is 0 Å². The average molecular weight is 408 g/mol. The van der Waals surface area contributed by atoms with Gasteiger partial charge in [-0.15, -0.1) is 0 Å². The Labute approximate surface area is 149 Å². The molecule has 3 aromatic carbocycles. The zero-order chi connectivity index (χ0) is 14.8. The molecule has 5 rings (SSSR count). The zero-order valence-corrected chi connectivity index (χ0v) is 14.9. The molecule has 22 heavy (non-hydrogen) atoms. The second kappa shape index (κ2) is 4.51. The minimum absolute atomic E-state index is 1.25. The first-order chi connectivity index (χ1) is 10.8. The summed E-state index contributed by atoms with van der Waals surface area (Å²) in [6, 6.07) is 21.7. The fourth-order valence-electron chi connectivity index (χ4n) is 3.48. The van der Waals surface area contributed by atoms with Gasteiger partial charge in [-0.1, -0.05) is 48.5 Å². The molecule has 0 atom stereocenters. The Morgan fingerprint density at radius 2 is 1.18 bits per heavy atom. The van der Waals surface area contributed by atoms with Crippen molar-refractivity contribution in [3.63, 3.8) is 0 Å². The highest BCUT2D eigenvalue weighted by atomic mass is 127. The molecule has 2 aromatic heterocycles. The van der Waals surface area contributed by atoms with E-state index in [4.69, 9.17) is 0 Å². The van der Waals surface area contributed by atoms with Crippen molar-refractivity contribution in [1.29, 1.82) is 0 Å². The van der Waals surface area contributed by atoms with E-state index < -0.39 is 0 Å². The van der Waals surface area contributed by atoms with Crippen LogP contribution >= 0.6 is 22.9 Å². The molecule has 0 aliphatic heterocycles. The van der Waals surface area contributed by atoms with Crippen LogP contribution in [0.3, 0.4) is 0 Å². The largest absolute Gasteiger partial charge is 0.450 e. The fourth-order valence-corrected chi connectivity index (χ4v) is 4.88. The van der Waals surface area contributed by atoms with Gasteiger partial charge < -0.3 is 3.55 Å². The first kappa shape index (κ1) is 13.0. The van der Waals surface area contributed by atoms with Crippen LogP contribution in [-0.4, -0.2) is 22.8 Å². The Balaban J connectivity index is 2.18. The van der Waals surface area contributed by atoms with Crippen molar-refractivity contribution in [2.75, 3.05) is 0 Å². The van der Waals surface area contributed by atoms with E-state index in [0.29, 0.717) is 0 Å². The highest BCUT2D eigenvalue weighted by molar-refractivity contribution is 14.1. The van der Waals surface area contributed by atoms with Gasteiger partial charge in [-0.2, -0.15) is 0 Å². The SMILES string of the molecule is [Al][n]1c2ccccc2c2ccc3c4ccccc4n(I)c3c21. The summed E-state index contributed by atoms with van der Waals surface area (Å²) in [5, 5.41) is 5.22. The molecule has 0 N–H and O–H groups in total. The highest BCUT2D eigenvalue weighted by Gasteiger charge is 2.15. The van der Waals surface area contributed by atoms with Gasteiger partial charge in [-0.05, 0) is 12.1 Å². The molecule has 0 unspecified atom stereocenters. The third-order valence-corrected chi connectivity index (χ3v) is 5.99. The first-order valence-corrected chi connectivity index (χ1v) is 8.62. The molecule has 4 heteroatoms. The average Bonchev–Trinajstić information content (AvgIpc) is 3.02. The summed E-state index contributed by atoms with van der Waals surface area (Å²) >= 11 is 5.29. The molecule has 2 radical (unpaired) electrons. The number of nitrogens with zero attached hydrogens (tertiary/aromatic N) is 2. The van der Waals surface area contributed by atoms with E-state index in [1.807, 2.05) is 0 Å². The Morgan fingerprint density at radius 3 is 1.91 bits per heavy atom. The summed E-state index contributed by atoms with van der Waals surface area (Å²) in [5.41, 5.74) is 5.07. The number of rotatable bonds is 0. The highest BCUT2D eigenvalue weighted by Crippen LogP contribution is 2.38. The minimum atomic E-state index is 1.25. The van der Waals surface area contributed by atoms with Gasteiger partial charge in [0.1, 0.15) is 0 Å². The quantitative estimate of drug-likeness (QED) is 0.251. The van der Waals surface area contributed by atoms with Gasteiger partial charge >= 0.3 is 16.5 Å². The van der Waals surface area contributed by atoms with Gasteiger partial charge in [-0.25, -0.2) is 0 Å². The van der Waals surface area contributed by atoms with E-state index in [1.165, 1.54) is 43.6 Å². The van der Waals surface area contributed by atoms with Crippen molar-refractivity contribution in [3.05, 3.63) is 60.7 Å². The molecular weight excluding hydrogens is 398 g/mol. The normalized spacial score (nSPS) is 12.0. The van der Waals surface area contributed by atoms with Crippen LogP contribution in [0, 0.1) is 0 Å². The lowest BCUT2D eigenvalue weighted by Gasteiger charge is -2.03. The molecule has 2 nitrogen and oxygen atoms in total. The number of fused-ring (bicyclic) bond motifs is 7. The predicted molar refractivity (Wildman–Crippen MR) is 103 cm³/mol. The van der Waals surface area contributed by atoms with Crippen LogP contribution in [0.5, 0.6) is 0 Å². The maximum absolute atomic E-state index is 2.88. The van der Waals surface area contributed by atoms with Crippen molar-refractivity contribution in [3.8, 4) is 0 Å². The number of aromatic nitrogens is 2. The van der Waals surface area contributed by atoms with Crippen molar-refractivity contribution in [2.24, 2.45) is 0 Å². The van der Waals surface area contributed by atoms with Crippen molar-refractivity contribution >= 4 is 83.0 Å². The summed E-state index contributed by atoms with van der Waals surface area (Å²) in [6.45, 7) is 0. The molecule has 0 aliphatic rings. The molecule has 5 aromatic rings. The van der Waals surface area contributed by atoms with Gasteiger partial charge in [-0.3, -0.25) is 2.78 Å². The fraction of sp³-hybridized carbons (Fsp3) is 0. The summed E-state index contributed by atoms with van der Waals surface area (Å²) in [7, 11) is 0. The Morgan fingerprint density at radius 1 is 0.636 bits per heavy atom. The van der Waals surface area contributed by atoms with E-state index in [-0.39, 0.29) is 0 Å². The van der Waals surface area contributed by atoms with Crippen LogP contribution in [0.2, 0.25) is 0 Å². The molecule has 0 fully saturated rings. The minimum Gasteiger partial charge on any atom is -0.450 e. The Hall–Kier alpha value is -1.48. The monoisotopic (exact) mass is 408 g/mol. The van der Waals surface area contributed by atoms with Gasteiger partial charge in [0.05, 0.1) is 33.9 Å². The topological polar surface area (TPSA) is 9.86 Å². The zero-order valence-electron chi connectivity index (χ0n) is 11.6. The summed E-state index contributed by atoms with van der Waals surface area (Å²) in [4.78, 5) is 0. The van der Waals surface area contributed by atoms with E-state index in [0.717, 1.165) is 0 Å². The number of hydrogen-bond acceptors (Lipinski definition) is 0. The lowest BCUT2D eigenvalue weighted by Crippen LogP contribution is -1.92. The number of halogens is 1. The van der Waals surface area contributed by atoms with Crippen LogP contribution in [0.15, 0.2) is 60.7 Å². The molecule has 0 aliphatic carbocycles. The smallest absolute Gasteiger partial charge is 0.318 e. The van der Waals surface area contributed by atoms with Crippen LogP contribution in [0.4, 0.5) is 0 Å². The van der Waals surface area contributed by atoms with Crippen LogP contribution in [0.25, 0.3) is 43.6 Å². The predicted octanol–water partition coefficient (Wildman–Crippen LogP) is 5.03. The lowest BCUT2D eigenvalue weighted by atomic mass is 10.1. The molecule has 2 heterocycles. The number of benzene rings is 3. The summed E-state index contributed by atoms with van der Waals surface area (Å²) < 4.78 is 4.52. The van der Waals surface area contributed by atoms with E-state index >= 15 is 0 Å². The molecular formula is C18H10AlIN2. The van der Waals surface area contributed by atoms with E-state index in [9.17, 15) is 0 Å². The second-order valence-electron chi connectivity index (χ2n) is 5.54. The maximum Gasteiger partial charge on any atom is 0.318 e. The van der Waals surface area contributed by atoms with Gasteiger partial charge in [0.25, 0.3) is 0 Å².